The molecule has 1 fully saturated rings. The Bertz CT molecular complexity index is 418. The smallest absolute Gasteiger partial charge is 0.0848 e. The van der Waals surface area contributed by atoms with E-state index in [0.29, 0.717) is 10.5 Å². The molecule has 0 nitrogen and oxygen atoms in total. The van der Waals surface area contributed by atoms with Crippen LogP contribution in [0.3, 0.4) is 0 Å². The second-order valence-electron chi connectivity index (χ2n) is 5.98. The van der Waals surface area contributed by atoms with Crippen LogP contribution in [-0.4, -0.2) is 9.52 Å². The lowest BCUT2D eigenvalue weighted by Crippen LogP contribution is -2.27. The minimum Gasteiger partial charge on any atom is -0.0848 e. The normalized spacial score (nSPS) is 34.5. The fraction of sp³-hybridized carbons (Fsp3) is 0.467. The first-order valence-corrected chi connectivity index (χ1v) is 7.12. The lowest BCUT2D eigenvalue weighted by atomic mass is 9.80. The largest absolute Gasteiger partial charge is 0.0924 e. The van der Waals surface area contributed by atoms with E-state index in [1.165, 1.54) is 18.0 Å². The topological polar surface area (TPSA) is 0 Å². The van der Waals surface area contributed by atoms with E-state index in [-0.39, 0.29) is 0 Å². The summed E-state index contributed by atoms with van der Waals surface area (Å²) in [5, 5.41) is 2.01. The van der Waals surface area contributed by atoms with E-state index in [1.54, 1.807) is 0 Å². The average Bonchev–Trinajstić information content (AvgIpc) is 2.72. The summed E-state index contributed by atoms with van der Waals surface area (Å²) in [4.78, 5) is 0. The van der Waals surface area contributed by atoms with Crippen molar-refractivity contribution in [2.75, 3.05) is 0 Å². The van der Waals surface area contributed by atoms with Crippen molar-refractivity contribution in [3.63, 3.8) is 0 Å². The van der Waals surface area contributed by atoms with E-state index < -0.39 is 0 Å². The van der Waals surface area contributed by atoms with Gasteiger partial charge in [-0.05, 0) is 29.2 Å². The van der Waals surface area contributed by atoms with Crippen molar-refractivity contribution in [1.29, 1.82) is 0 Å². The molecule has 16 heavy (non-hydrogen) atoms. The predicted octanol–water partition coefficient (Wildman–Crippen LogP) is 3.18. The first kappa shape index (κ1) is 10.3. The molecule has 0 amide bonds. The van der Waals surface area contributed by atoms with Crippen molar-refractivity contribution in [3.8, 4) is 0 Å². The van der Waals surface area contributed by atoms with Crippen molar-refractivity contribution in [2.45, 2.75) is 31.7 Å². The van der Waals surface area contributed by atoms with Crippen molar-refractivity contribution < 1.29 is 0 Å². The van der Waals surface area contributed by atoms with E-state index in [9.17, 15) is 0 Å². The van der Waals surface area contributed by atoms with E-state index in [1.807, 2.05) is 0 Å². The predicted molar refractivity (Wildman–Crippen MR) is 70.2 cm³/mol. The maximum absolute atomic E-state index is 2.51. The van der Waals surface area contributed by atoms with Gasteiger partial charge in [-0.1, -0.05) is 61.5 Å². The highest BCUT2D eigenvalue weighted by atomic mass is 28.2. The number of benzene rings is 1. The van der Waals surface area contributed by atoms with Gasteiger partial charge in [0.15, 0.2) is 0 Å². The Morgan fingerprint density at radius 3 is 2.50 bits per heavy atom. The van der Waals surface area contributed by atoms with Gasteiger partial charge in [0.25, 0.3) is 0 Å². The third kappa shape index (κ3) is 1.58. The molecular weight excluding hydrogens is 208 g/mol. The Morgan fingerprint density at radius 1 is 1.19 bits per heavy atom. The van der Waals surface area contributed by atoms with Crippen LogP contribution in [-0.2, 0) is 0 Å². The highest BCUT2D eigenvalue weighted by Gasteiger charge is 2.51. The number of fused-ring (bicyclic) bond motifs is 2. The molecule has 1 aromatic rings. The summed E-state index contributed by atoms with van der Waals surface area (Å²) in [6.45, 7) is 4.86. The Kier molecular flexibility index (Phi) is 2.15. The van der Waals surface area contributed by atoms with E-state index in [0.717, 1.165) is 15.4 Å². The summed E-state index contributed by atoms with van der Waals surface area (Å²) < 4.78 is 0. The fourth-order valence-electron chi connectivity index (χ4n) is 3.39. The Balaban J connectivity index is 1.85. The molecule has 2 atom stereocenters. The first-order valence-electron chi connectivity index (χ1n) is 6.12. The molecule has 1 saturated carbocycles. The van der Waals surface area contributed by atoms with Crippen LogP contribution >= 0.6 is 0 Å². The van der Waals surface area contributed by atoms with Gasteiger partial charge < -0.3 is 0 Å². The van der Waals surface area contributed by atoms with Crippen LogP contribution in [0.4, 0.5) is 0 Å². The van der Waals surface area contributed by atoms with E-state index >= 15 is 0 Å². The van der Waals surface area contributed by atoms with Crippen LogP contribution < -0.4 is 5.19 Å². The van der Waals surface area contributed by atoms with Gasteiger partial charge in [0, 0.05) is 0 Å². The van der Waals surface area contributed by atoms with Gasteiger partial charge in [-0.3, -0.25) is 0 Å². The average molecular weight is 226 g/mol. The van der Waals surface area contributed by atoms with Gasteiger partial charge in [-0.25, -0.2) is 0 Å². The van der Waals surface area contributed by atoms with Crippen molar-refractivity contribution in [2.24, 2.45) is 11.3 Å². The second-order valence-corrected chi connectivity index (χ2v) is 7.81. The monoisotopic (exact) mass is 226 g/mol. The number of allylic oxidation sites excluding steroid dienone is 2. The summed E-state index contributed by atoms with van der Waals surface area (Å²) in [6, 6.07) is 11.0. The molecule has 2 aliphatic carbocycles. The molecule has 1 aromatic carbocycles. The maximum atomic E-state index is 2.51. The minimum atomic E-state index is 0.496. The molecule has 0 aromatic heterocycles. The molecule has 2 unspecified atom stereocenters. The molecule has 0 spiro atoms. The third-order valence-electron chi connectivity index (χ3n) is 4.17. The summed E-state index contributed by atoms with van der Waals surface area (Å²) in [5.41, 5.74) is 0.524. The fourth-order valence-corrected chi connectivity index (χ4v) is 5.37. The molecule has 0 saturated heterocycles. The third-order valence-corrected chi connectivity index (χ3v) is 5.84. The Hall–Kier alpha value is -0.823. The lowest BCUT2D eigenvalue weighted by Gasteiger charge is -2.30. The lowest BCUT2D eigenvalue weighted by molar-refractivity contribution is 0.300. The molecule has 2 bridgehead atoms. The van der Waals surface area contributed by atoms with Crippen LogP contribution in [0.1, 0.15) is 26.7 Å². The Morgan fingerprint density at radius 2 is 1.94 bits per heavy atom. The summed E-state index contributed by atoms with van der Waals surface area (Å²) >= 11 is 0. The van der Waals surface area contributed by atoms with Crippen LogP contribution in [0.25, 0.3) is 0 Å². The number of hydrogen-bond acceptors (Lipinski definition) is 0. The van der Waals surface area contributed by atoms with Gasteiger partial charge in [-0.2, -0.15) is 0 Å². The zero-order valence-corrected chi connectivity index (χ0v) is 11.0. The van der Waals surface area contributed by atoms with E-state index in [4.69, 9.17) is 0 Å². The zero-order chi connectivity index (χ0) is 11.2. The van der Waals surface area contributed by atoms with Gasteiger partial charge in [0.2, 0.25) is 0 Å². The molecule has 2 radical (unpaired) electrons. The molecule has 0 N–H and O–H groups in total. The number of rotatable bonds is 2. The van der Waals surface area contributed by atoms with Crippen molar-refractivity contribution in [3.05, 3.63) is 42.5 Å². The second kappa shape index (κ2) is 3.33. The quantitative estimate of drug-likeness (QED) is 0.537. The molecule has 1 heteroatoms. The molecular formula is C15H18Si. The van der Waals surface area contributed by atoms with Crippen LogP contribution in [0, 0.1) is 11.3 Å². The minimum absolute atomic E-state index is 0.496. The van der Waals surface area contributed by atoms with Crippen LogP contribution in [0.2, 0.25) is 5.04 Å². The van der Waals surface area contributed by atoms with Crippen LogP contribution in [0.5, 0.6) is 0 Å². The standard InChI is InChI=1S/C15H18Si/c1-14(2)11-15(9-8-12(14)10-15)16-13-6-4-3-5-7-13/h3-9,12H,10-11H2,1-2H3. The molecule has 82 valence electrons. The van der Waals surface area contributed by atoms with Gasteiger partial charge in [-0.15, -0.1) is 0 Å². The SMILES string of the molecule is CC1(C)CC2([Si]c3ccccc3)C=CC1C2. The highest BCUT2D eigenvalue weighted by molar-refractivity contribution is 6.57. The molecule has 3 rings (SSSR count). The zero-order valence-electron chi connectivity index (χ0n) is 10.0. The van der Waals surface area contributed by atoms with Crippen LogP contribution in [0.15, 0.2) is 42.5 Å². The van der Waals surface area contributed by atoms with Gasteiger partial charge in [0.05, 0.1) is 9.52 Å². The number of hydrogen-bond donors (Lipinski definition) is 0. The summed E-state index contributed by atoms with van der Waals surface area (Å²) in [7, 11) is 0.950. The van der Waals surface area contributed by atoms with Gasteiger partial charge in [0.1, 0.15) is 0 Å². The Labute approximate surface area is 101 Å². The molecule has 2 aliphatic rings. The molecule has 0 heterocycles. The summed E-state index contributed by atoms with van der Waals surface area (Å²) in [6.07, 6.45) is 7.73. The molecule has 0 aliphatic heterocycles. The van der Waals surface area contributed by atoms with E-state index in [2.05, 4.69) is 56.3 Å². The van der Waals surface area contributed by atoms with Crippen molar-refractivity contribution in [1.82, 2.24) is 0 Å². The highest BCUT2D eigenvalue weighted by Crippen LogP contribution is 2.62. The van der Waals surface area contributed by atoms with Gasteiger partial charge >= 0.3 is 0 Å². The first-order chi connectivity index (χ1) is 7.60. The maximum Gasteiger partial charge on any atom is 0.0924 e. The van der Waals surface area contributed by atoms with Crippen molar-refractivity contribution >= 4 is 14.7 Å². The summed E-state index contributed by atoms with van der Waals surface area (Å²) in [5.74, 6) is 0.823.